The fourth-order valence-corrected chi connectivity index (χ4v) is 4.33. The van der Waals surface area contributed by atoms with E-state index in [0.717, 1.165) is 34.9 Å². The van der Waals surface area contributed by atoms with Gasteiger partial charge in [-0.15, -0.1) is 0 Å². The zero-order valence-electron chi connectivity index (χ0n) is 17.2. The molecule has 8 nitrogen and oxygen atoms in total. The molecule has 1 unspecified atom stereocenters. The van der Waals surface area contributed by atoms with Crippen molar-refractivity contribution in [3.8, 4) is 11.5 Å². The van der Waals surface area contributed by atoms with Crippen molar-refractivity contribution in [1.82, 2.24) is 9.80 Å². The molecule has 3 aliphatic rings. The fourth-order valence-electron chi connectivity index (χ4n) is 4.33. The Morgan fingerprint density at radius 1 is 1.00 bits per heavy atom. The van der Waals surface area contributed by atoms with E-state index in [1.807, 2.05) is 18.2 Å². The van der Waals surface area contributed by atoms with E-state index in [4.69, 9.17) is 9.47 Å². The second kappa shape index (κ2) is 7.61. The van der Waals surface area contributed by atoms with Crippen LogP contribution in [0, 0.1) is 0 Å². The van der Waals surface area contributed by atoms with Crippen LogP contribution in [0.2, 0.25) is 0 Å². The van der Waals surface area contributed by atoms with Crippen LogP contribution >= 0.6 is 0 Å². The van der Waals surface area contributed by atoms with Gasteiger partial charge in [-0.2, -0.15) is 0 Å². The summed E-state index contributed by atoms with van der Waals surface area (Å²) in [4.78, 5) is 40.3. The molecule has 0 bridgehead atoms. The largest absolute Gasteiger partial charge is 0.486 e. The topological polar surface area (TPSA) is 88.2 Å². The van der Waals surface area contributed by atoms with Gasteiger partial charge < -0.3 is 19.7 Å². The van der Waals surface area contributed by atoms with Crippen molar-refractivity contribution in [2.24, 2.45) is 0 Å². The molecule has 0 radical (unpaired) electrons. The van der Waals surface area contributed by atoms with Gasteiger partial charge in [-0.25, -0.2) is 0 Å². The highest BCUT2D eigenvalue weighted by molar-refractivity contribution is 6.21. The summed E-state index contributed by atoms with van der Waals surface area (Å²) in [5.41, 5.74) is 1.99. The lowest BCUT2D eigenvalue weighted by molar-refractivity contribution is 0.0691. The first-order valence-corrected chi connectivity index (χ1v) is 10.4. The minimum atomic E-state index is -0.369. The molecule has 0 aliphatic carbocycles. The van der Waals surface area contributed by atoms with Gasteiger partial charge in [0, 0.05) is 43.5 Å². The van der Waals surface area contributed by atoms with Gasteiger partial charge in [0.1, 0.15) is 13.2 Å². The summed E-state index contributed by atoms with van der Waals surface area (Å²) in [5, 5.41) is 3.49. The van der Waals surface area contributed by atoms with Crippen molar-refractivity contribution >= 4 is 23.4 Å². The highest BCUT2D eigenvalue weighted by Gasteiger charge is 2.34. The minimum Gasteiger partial charge on any atom is -0.486 e. The number of likely N-dealkylation sites (tertiary alicyclic amines) is 1. The van der Waals surface area contributed by atoms with Gasteiger partial charge in [0.15, 0.2) is 11.5 Å². The number of rotatable bonds is 3. The van der Waals surface area contributed by atoms with E-state index in [2.05, 4.69) is 5.32 Å². The summed E-state index contributed by atoms with van der Waals surface area (Å²) in [7, 11) is 1.45. The molecule has 3 amide bonds. The molecule has 5 rings (SSSR count). The summed E-state index contributed by atoms with van der Waals surface area (Å²) >= 11 is 0. The van der Waals surface area contributed by atoms with Gasteiger partial charge in [-0.05, 0) is 43.2 Å². The number of hydrogen-bond acceptors (Lipinski definition) is 6. The maximum absolute atomic E-state index is 13.1. The van der Waals surface area contributed by atoms with Crippen LogP contribution < -0.4 is 14.8 Å². The van der Waals surface area contributed by atoms with E-state index < -0.39 is 0 Å². The van der Waals surface area contributed by atoms with Gasteiger partial charge >= 0.3 is 0 Å². The first-order valence-electron chi connectivity index (χ1n) is 10.4. The summed E-state index contributed by atoms with van der Waals surface area (Å²) < 4.78 is 11.2. The molecule has 1 N–H and O–H groups in total. The highest BCUT2D eigenvalue weighted by atomic mass is 16.6. The summed E-state index contributed by atoms with van der Waals surface area (Å²) in [6.07, 6.45) is 1.82. The molecule has 1 fully saturated rings. The quantitative estimate of drug-likeness (QED) is 0.766. The summed E-state index contributed by atoms with van der Waals surface area (Å²) in [6, 6.07) is 10.6. The first kappa shape index (κ1) is 19.4. The zero-order chi connectivity index (χ0) is 21.5. The molecule has 1 atom stereocenters. The van der Waals surface area contributed by atoms with Gasteiger partial charge in [0.2, 0.25) is 0 Å². The molecule has 160 valence electrons. The fraction of sp³-hybridized carbons (Fsp3) is 0.348. The Bertz CT molecular complexity index is 1080. The monoisotopic (exact) mass is 421 g/mol. The van der Waals surface area contributed by atoms with Crippen LogP contribution in [0.1, 0.15) is 43.9 Å². The van der Waals surface area contributed by atoms with Crippen molar-refractivity contribution in [2.45, 2.75) is 18.9 Å². The van der Waals surface area contributed by atoms with E-state index in [-0.39, 0.29) is 23.8 Å². The lowest BCUT2D eigenvalue weighted by Gasteiger charge is -2.34. The maximum atomic E-state index is 13.1. The van der Waals surface area contributed by atoms with Gasteiger partial charge in [0.25, 0.3) is 17.7 Å². The lowest BCUT2D eigenvalue weighted by atomic mass is 10.0. The molecular weight excluding hydrogens is 398 g/mol. The second-order valence-corrected chi connectivity index (χ2v) is 8.02. The van der Waals surface area contributed by atoms with Crippen molar-refractivity contribution in [3.63, 3.8) is 0 Å². The van der Waals surface area contributed by atoms with Gasteiger partial charge in [-0.1, -0.05) is 0 Å². The van der Waals surface area contributed by atoms with Gasteiger partial charge in [0.05, 0.1) is 11.1 Å². The number of ether oxygens (including phenoxy) is 2. The number of nitrogens with zero attached hydrogens (tertiary/aromatic N) is 2. The van der Waals surface area contributed by atoms with E-state index >= 15 is 0 Å². The van der Waals surface area contributed by atoms with Crippen LogP contribution in [0.25, 0.3) is 0 Å². The van der Waals surface area contributed by atoms with Crippen LogP contribution in [-0.4, -0.2) is 66.9 Å². The van der Waals surface area contributed by atoms with E-state index in [1.165, 1.54) is 7.05 Å². The Balaban J connectivity index is 1.29. The Labute approximate surface area is 179 Å². The van der Waals surface area contributed by atoms with Crippen LogP contribution in [0.3, 0.4) is 0 Å². The highest BCUT2D eigenvalue weighted by Crippen LogP contribution is 2.33. The lowest BCUT2D eigenvalue weighted by Crippen LogP contribution is -2.45. The summed E-state index contributed by atoms with van der Waals surface area (Å²) in [6.45, 7) is 2.30. The molecule has 0 spiro atoms. The maximum Gasteiger partial charge on any atom is 0.261 e. The predicted molar refractivity (Wildman–Crippen MR) is 113 cm³/mol. The third kappa shape index (κ3) is 3.48. The average Bonchev–Trinajstić information content (AvgIpc) is 3.02. The molecule has 0 aromatic heterocycles. The van der Waals surface area contributed by atoms with Crippen LogP contribution in [0.15, 0.2) is 36.4 Å². The third-order valence-electron chi connectivity index (χ3n) is 5.96. The predicted octanol–water partition coefficient (Wildman–Crippen LogP) is 2.40. The van der Waals surface area contributed by atoms with Crippen LogP contribution in [0.4, 0.5) is 5.69 Å². The van der Waals surface area contributed by atoms with Crippen molar-refractivity contribution < 1.29 is 23.9 Å². The van der Waals surface area contributed by atoms with Crippen molar-refractivity contribution in [3.05, 3.63) is 53.1 Å². The Hall–Kier alpha value is -3.55. The number of benzene rings is 2. The Morgan fingerprint density at radius 3 is 2.61 bits per heavy atom. The molecule has 2 aromatic carbocycles. The van der Waals surface area contributed by atoms with E-state index in [1.54, 1.807) is 23.1 Å². The molecule has 0 saturated carbocycles. The standard InChI is InChI=1S/C23H23N3O5/c1-25-22(28)17-6-4-14(11-18(17)23(25)29)21(27)26-8-2-3-16(13-26)24-15-5-7-19-20(12-15)31-10-9-30-19/h4-7,11-12,16,24H,2-3,8-10,13H2,1H3. The molecule has 3 heterocycles. The Kier molecular flexibility index (Phi) is 4.77. The van der Waals surface area contributed by atoms with E-state index in [9.17, 15) is 14.4 Å². The Morgan fingerprint density at radius 2 is 1.77 bits per heavy atom. The number of hydrogen-bond donors (Lipinski definition) is 1. The minimum absolute atomic E-state index is 0.101. The van der Waals surface area contributed by atoms with Crippen LogP contribution in [-0.2, 0) is 0 Å². The normalized spacial score (nSPS) is 20.0. The molecule has 8 heteroatoms. The second-order valence-electron chi connectivity index (χ2n) is 8.02. The van der Waals surface area contributed by atoms with Crippen LogP contribution in [0.5, 0.6) is 11.5 Å². The van der Waals surface area contributed by atoms with Crippen molar-refractivity contribution in [1.29, 1.82) is 0 Å². The first-order chi connectivity index (χ1) is 15.0. The number of amides is 3. The number of carbonyl (C=O) groups is 3. The van der Waals surface area contributed by atoms with E-state index in [0.29, 0.717) is 43.0 Å². The molecule has 2 aromatic rings. The molecule has 1 saturated heterocycles. The zero-order valence-corrected chi connectivity index (χ0v) is 17.2. The summed E-state index contributed by atoms with van der Waals surface area (Å²) in [5.74, 6) is 0.633. The SMILES string of the molecule is CN1C(=O)c2ccc(C(=O)N3CCCC(Nc4ccc5c(c4)OCCO5)C3)cc2C1=O. The van der Waals surface area contributed by atoms with Crippen molar-refractivity contribution in [2.75, 3.05) is 38.7 Å². The molecule has 31 heavy (non-hydrogen) atoms. The number of anilines is 1. The number of carbonyl (C=O) groups excluding carboxylic acids is 3. The average molecular weight is 421 g/mol. The number of piperidine rings is 1. The third-order valence-corrected chi connectivity index (χ3v) is 5.96. The number of nitrogens with one attached hydrogen (secondary N) is 1. The molecular formula is C23H23N3O5. The van der Waals surface area contributed by atoms with Gasteiger partial charge in [-0.3, -0.25) is 19.3 Å². The number of fused-ring (bicyclic) bond motifs is 2. The number of imide groups is 1. The smallest absolute Gasteiger partial charge is 0.261 e. The molecule has 3 aliphatic heterocycles.